The van der Waals surface area contributed by atoms with Crippen LogP contribution in [-0.2, 0) is 0 Å². The fourth-order valence-electron chi connectivity index (χ4n) is 7.95. The molecule has 0 unspecified atom stereocenters. The number of aromatic nitrogens is 1. The molecule has 0 radical (unpaired) electrons. The van der Waals surface area contributed by atoms with E-state index in [1.54, 1.807) is 0 Å². The Morgan fingerprint density at radius 3 is 1.67 bits per heavy atom. The average molecular weight is 574 g/mol. The average Bonchev–Trinajstić information content (AvgIpc) is 3.77. The predicted molar refractivity (Wildman–Crippen MR) is 187 cm³/mol. The highest BCUT2D eigenvalue weighted by Gasteiger charge is 2.21. The maximum absolute atomic E-state index is 6.64. The van der Waals surface area contributed by atoms with Crippen LogP contribution in [0.4, 0.5) is 0 Å². The lowest BCUT2D eigenvalue weighted by atomic mass is 9.89. The Labute approximate surface area is 256 Å². The van der Waals surface area contributed by atoms with Crippen molar-refractivity contribution in [3.63, 3.8) is 0 Å². The van der Waals surface area contributed by atoms with Crippen molar-refractivity contribution < 1.29 is 8.83 Å². The van der Waals surface area contributed by atoms with Gasteiger partial charge in [-0.15, -0.1) is 0 Å². The van der Waals surface area contributed by atoms with E-state index in [0.29, 0.717) is 0 Å². The normalized spacial score (nSPS) is 12.4. The Morgan fingerprint density at radius 2 is 0.911 bits per heavy atom. The number of furan rings is 2. The van der Waals surface area contributed by atoms with Gasteiger partial charge in [-0.1, -0.05) is 91.0 Å². The van der Waals surface area contributed by atoms with Crippen molar-refractivity contribution in [2.24, 2.45) is 0 Å². The highest BCUT2D eigenvalue weighted by molar-refractivity contribution is 6.35. The summed E-state index contributed by atoms with van der Waals surface area (Å²) in [7, 11) is 0. The molecule has 11 aromatic rings. The molecule has 45 heavy (non-hydrogen) atoms. The third-order valence-corrected chi connectivity index (χ3v) is 9.75. The van der Waals surface area contributed by atoms with E-state index >= 15 is 0 Å². The molecule has 0 fully saturated rings. The van der Waals surface area contributed by atoms with Gasteiger partial charge in [0, 0.05) is 26.9 Å². The Bertz CT molecular complexity index is 2930. The third-order valence-electron chi connectivity index (χ3n) is 9.75. The van der Waals surface area contributed by atoms with Crippen molar-refractivity contribution in [3.8, 4) is 16.8 Å². The lowest BCUT2D eigenvalue weighted by molar-refractivity contribution is 0.668. The zero-order valence-electron chi connectivity index (χ0n) is 24.0. The first-order chi connectivity index (χ1) is 22.3. The molecule has 8 aromatic carbocycles. The highest BCUT2D eigenvalue weighted by atomic mass is 16.3. The minimum absolute atomic E-state index is 0.883. The van der Waals surface area contributed by atoms with Gasteiger partial charge >= 0.3 is 0 Å². The van der Waals surface area contributed by atoms with Crippen molar-refractivity contribution >= 4 is 87.2 Å². The summed E-state index contributed by atoms with van der Waals surface area (Å²) in [4.78, 5) is 0. The topological polar surface area (TPSA) is 31.2 Å². The van der Waals surface area contributed by atoms with Gasteiger partial charge in [0.1, 0.15) is 22.3 Å². The fourth-order valence-corrected chi connectivity index (χ4v) is 7.95. The van der Waals surface area contributed by atoms with E-state index in [1.165, 1.54) is 59.7 Å². The molecule has 0 aliphatic heterocycles. The van der Waals surface area contributed by atoms with Crippen molar-refractivity contribution in [1.29, 1.82) is 0 Å². The van der Waals surface area contributed by atoms with Gasteiger partial charge in [-0.3, -0.25) is 0 Å². The summed E-state index contributed by atoms with van der Waals surface area (Å²) >= 11 is 0. The first-order valence-electron chi connectivity index (χ1n) is 15.4. The van der Waals surface area contributed by atoms with Crippen molar-refractivity contribution in [2.45, 2.75) is 0 Å². The van der Waals surface area contributed by atoms with E-state index < -0.39 is 0 Å². The van der Waals surface area contributed by atoms with Crippen LogP contribution in [0, 0.1) is 0 Å². The van der Waals surface area contributed by atoms with E-state index in [2.05, 4.69) is 144 Å². The zero-order chi connectivity index (χ0) is 29.2. The molecule has 0 N–H and O–H groups in total. The lowest BCUT2D eigenvalue weighted by Crippen LogP contribution is -1.94. The van der Waals surface area contributed by atoms with Gasteiger partial charge in [0.2, 0.25) is 0 Å². The first-order valence-corrected chi connectivity index (χ1v) is 15.4. The molecule has 0 saturated carbocycles. The third kappa shape index (κ3) is 2.95. The number of hydrogen-bond acceptors (Lipinski definition) is 2. The molecule has 0 spiro atoms. The van der Waals surface area contributed by atoms with Crippen molar-refractivity contribution in [1.82, 2.24) is 4.57 Å². The van der Waals surface area contributed by atoms with Gasteiger partial charge in [-0.2, -0.15) is 0 Å². The molecule has 0 atom stereocenters. The van der Waals surface area contributed by atoms with Crippen LogP contribution in [0.25, 0.3) is 104 Å². The SMILES string of the molecule is c1cc(-n2c3ccccc3c3ccccc32)c2c(c1)oc1cc(-c3cccc4c5cccc6oc7cccc(c34)c7c65)ccc12. The number of fused-ring (bicyclic) bond motifs is 9. The second-order valence-electron chi connectivity index (χ2n) is 12.0. The maximum Gasteiger partial charge on any atom is 0.137 e. The molecular weight excluding hydrogens is 550 g/mol. The molecule has 0 amide bonds. The standard InChI is InChI=1S/C42H23NO2/c1-3-15-32-26(9-1)27-10-2-4-16-33(27)43(32)34-17-8-20-35-40(34)30-22-21-24(23-38(30)45-35)25-11-5-12-28-29-13-6-18-36-41(29)42-31(39(25)28)14-7-19-37(42)44-36/h1-23H. The number of nitrogens with zero attached hydrogens (tertiary/aromatic N) is 1. The predicted octanol–water partition coefficient (Wildman–Crippen LogP) is 12.0. The zero-order valence-corrected chi connectivity index (χ0v) is 24.0. The van der Waals surface area contributed by atoms with Crippen molar-refractivity contribution in [2.75, 3.05) is 0 Å². The molecule has 0 aliphatic rings. The summed E-state index contributed by atoms with van der Waals surface area (Å²) in [6, 6.07) is 49.8. The second kappa shape index (κ2) is 8.31. The summed E-state index contributed by atoms with van der Waals surface area (Å²) in [5, 5.41) is 12.1. The highest BCUT2D eigenvalue weighted by Crippen LogP contribution is 2.46. The van der Waals surface area contributed by atoms with Crippen LogP contribution in [0.2, 0.25) is 0 Å². The van der Waals surface area contributed by atoms with Crippen LogP contribution < -0.4 is 0 Å². The smallest absolute Gasteiger partial charge is 0.137 e. The molecule has 3 nitrogen and oxygen atoms in total. The van der Waals surface area contributed by atoms with Gasteiger partial charge in [0.15, 0.2) is 0 Å². The largest absolute Gasteiger partial charge is 0.456 e. The number of para-hydroxylation sites is 2. The van der Waals surface area contributed by atoms with Crippen LogP contribution in [-0.4, -0.2) is 4.57 Å². The number of rotatable bonds is 2. The second-order valence-corrected chi connectivity index (χ2v) is 12.0. The molecule has 11 rings (SSSR count). The van der Waals surface area contributed by atoms with Gasteiger partial charge in [0.25, 0.3) is 0 Å². The van der Waals surface area contributed by atoms with Crippen LogP contribution in [0.15, 0.2) is 148 Å². The minimum atomic E-state index is 0.883. The molecule has 208 valence electrons. The Hall–Kier alpha value is -6.06. The molecule has 0 aliphatic carbocycles. The summed E-state index contributed by atoms with van der Waals surface area (Å²) in [6.45, 7) is 0. The van der Waals surface area contributed by atoms with Crippen molar-refractivity contribution in [3.05, 3.63) is 140 Å². The molecule has 3 heteroatoms. The van der Waals surface area contributed by atoms with Crippen LogP contribution in [0.5, 0.6) is 0 Å². The quantitative estimate of drug-likeness (QED) is 0.193. The van der Waals surface area contributed by atoms with Gasteiger partial charge < -0.3 is 13.4 Å². The van der Waals surface area contributed by atoms with E-state index in [1.807, 2.05) is 0 Å². The van der Waals surface area contributed by atoms with Crippen LogP contribution >= 0.6 is 0 Å². The van der Waals surface area contributed by atoms with Crippen LogP contribution in [0.1, 0.15) is 0 Å². The summed E-state index contributed by atoms with van der Waals surface area (Å²) in [5.41, 5.74) is 9.47. The number of benzene rings is 8. The fraction of sp³-hybridized carbons (Fsp3) is 0. The molecule has 3 heterocycles. The van der Waals surface area contributed by atoms with E-state index in [-0.39, 0.29) is 0 Å². The van der Waals surface area contributed by atoms with E-state index in [9.17, 15) is 0 Å². The number of hydrogen-bond donors (Lipinski definition) is 0. The molecular formula is C42H23NO2. The van der Waals surface area contributed by atoms with Crippen LogP contribution in [0.3, 0.4) is 0 Å². The van der Waals surface area contributed by atoms with Gasteiger partial charge in [0.05, 0.1) is 22.1 Å². The molecule has 3 aromatic heterocycles. The summed E-state index contributed by atoms with van der Waals surface area (Å²) in [5.74, 6) is 0. The lowest BCUT2D eigenvalue weighted by Gasteiger charge is -2.13. The maximum atomic E-state index is 6.64. The monoisotopic (exact) mass is 573 g/mol. The minimum Gasteiger partial charge on any atom is -0.456 e. The Morgan fingerprint density at radius 1 is 0.356 bits per heavy atom. The summed E-state index contributed by atoms with van der Waals surface area (Å²) < 4.78 is 15.3. The Kier molecular flexibility index (Phi) is 4.32. The van der Waals surface area contributed by atoms with Gasteiger partial charge in [-0.05, 0) is 81.2 Å². The molecule has 0 bridgehead atoms. The first kappa shape index (κ1) is 23.4. The molecule has 0 saturated heterocycles. The summed E-state index contributed by atoms with van der Waals surface area (Å²) in [6.07, 6.45) is 0. The van der Waals surface area contributed by atoms with Gasteiger partial charge in [-0.25, -0.2) is 0 Å². The Balaban J connectivity index is 1.20. The van der Waals surface area contributed by atoms with E-state index in [0.717, 1.165) is 44.4 Å². The van der Waals surface area contributed by atoms with E-state index in [4.69, 9.17) is 8.83 Å².